The topological polar surface area (TPSA) is 35.2 Å². The average molecular weight is 261 g/mol. The molecule has 1 fully saturated rings. The van der Waals surface area contributed by atoms with Gasteiger partial charge in [0, 0.05) is 0 Å². The molecule has 0 spiro atoms. The molecule has 0 bridgehead atoms. The van der Waals surface area contributed by atoms with Gasteiger partial charge in [-0.25, -0.2) is 0 Å². The molecule has 19 heavy (non-hydrogen) atoms. The van der Waals surface area contributed by atoms with Crippen LogP contribution >= 0.6 is 0 Å². The lowest BCUT2D eigenvalue weighted by Crippen LogP contribution is -2.25. The number of ether oxygens (including phenoxy) is 1. The van der Waals surface area contributed by atoms with Gasteiger partial charge in [-0.3, -0.25) is 0 Å². The zero-order valence-electron chi connectivity index (χ0n) is 12.5. The third-order valence-corrected chi connectivity index (χ3v) is 4.25. The molecule has 0 radical (unpaired) electrons. The highest BCUT2D eigenvalue weighted by Crippen LogP contribution is 2.33. The maximum Gasteiger partial charge on any atom is 0.0631 e. The Hall–Kier alpha value is -0.860. The lowest BCUT2D eigenvalue weighted by molar-refractivity contribution is -0.0240. The van der Waals surface area contributed by atoms with E-state index < -0.39 is 0 Å². The van der Waals surface area contributed by atoms with Crippen LogP contribution in [-0.4, -0.2) is 18.2 Å². The van der Waals surface area contributed by atoms with E-state index in [4.69, 9.17) is 10.5 Å². The van der Waals surface area contributed by atoms with Crippen molar-refractivity contribution in [3.05, 3.63) is 35.4 Å². The minimum absolute atomic E-state index is 0.0620. The maximum atomic E-state index is 6.09. The molecule has 1 saturated heterocycles. The Morgan fingerprint density at radius 1 is 1.37 bits per heavy atom. The summed E-state index contributed by atoms with van der Waals surface area (Å²) >= 11 is 0. The molecule has 1 aliphatic rings. The van der Waals surface area contributed by atoms with Crippen LogP contribution in [0.1, 0.15) is 44.2 Å². The van der Waals surface area contributed by atoms with Gasteiger partial charge in [0.1, 0.15) is 0 Å². The molecular formula is C17H27NO. The number of nitrogens with two attached hydrogens (primary N) is 1. The molecule has 106 valence electrons. The van der Waals surface area contributed by atoms with Crippen molar-refractivity contribution < 1.29 is 4.74 Å². The van der Waals surface area contributed by atoms with Crippen LogP contribution in [0.4, 0.5) is 0 Å². The lowest BCUT2D eigenvalue weighted by atomic mass is 9.91. The molecule has 2 nitrogen and oxygen atoms in total. The zero-order chi connectivity index (χ0) is 13.9. The van der Waals surface area contributed by atoms with Crippen LogP contribution in [-0.2, 0) is 11.2 Å². The molecule has 2 heteroatoms. The van der Waals surface area contributed by atoms with Crippen molar-refractivity contribution in [2.45, 2.75) is 58.2 Å². The third kappa shape index (κ3) is 4.05. The van der Waals surface area contributed by atoms with Crippen molar-refractivity contribution >= 4 is 0 Å². The van der Waals surface area contributed by atoms with E-state index in [1.807, 2.05) is 0 Å². The summed E-state index contributed by atoms with van der Waals surface area (Å²) in [4.78, 5) is 0. The van der Waals surface area contributed by atoms with Gasteiger partial charge in [-0.1, -0.05) is 24.3 Å². The molecule has 1 aromatic rings. The largest absolute Gasteiger partial charge is 0.372 e. The van der Waals surface area contributed by atoms with Crippen molar-refractivity contribution in [1.82, 2.24) is 0 Å². The molecule has 2 rings (SSSR count). The normalized spacial score (nSPS) is 23.5. The summed E-state index contributed by atoms with van der Waals surface area (Å²) in [6.07, 6.45) is 4.90. The van der Waals surface area contributed by atoms with E-state index in [1.54, 1.807) is 0 Å². The van der Waals surface area contributed by atoms with E-state index in [9.17, 15) is 0 Å². The van der Waals surface area contributed by atoms with E-state index in [0.717, 1.165) is 19.4 Å². The summed E-state index contributed by atoms with van der Waals surface area (Å²) in [5, 5.41) is 0. The number of aryl methyl sites for hydroxylation is 1. The fourth-order valence-corrected chi connectivity index (χ4v) is 3.03. The number of hydrogen-bond donors (Lipinski definition) is 1. The van der Waals surface area contributed by atoms with Crippen LogP contribution in [0.25, 0.3) is 0 Å². The van der Waals surface area contributed by atoms with Gasteiger partial charge in [-0.2, -0.15) is 0 Å². The van der Waals surface area contributed by atoms with Gasteiger partial charge in [-0.05, 0) is 70.0 Å². The van der Waals surface area contributed by atoms with Gasteiger partial charge in [0.2, 0.25) is 0 Å². The Balaban J connectivity index is 1.93. The number of rotatable bonds is 5. The Morgan fingerprint density at radius 3 is 2.68 bits per heavy atom. The monoisotopic (exact) mass is 261 g/mol. The first kappa shape index (κ1) is 14.5. The van der Waals surface area contributed by atoms with Crippen LogP contribution in [0.2, 0.25) is 0 Å². The molecule has 0 amide bonds. The van der Waals surface area contributed by atoms with Crippen molar-refractivity contribution in [2.24, 2.45) is 11.7 Å². The van der Waals surface area contributed by atoms with Crippen molar-refractivity contribution in [3.8, 4) is 0 Å². The summed E-state index contributed by atoms with van der Waals surface area (Å²) in [5.74, 6) is 0.528. The molecule has 1 aliphatic heterocycles. The Kier molecular flexibility index (Phi) is 4.64. The van der Waals surface area contributed by atoms with Crippen molar-refractivity contribution in [1.29, 1.82) is 0 Å². The van der Waals surface area contributed by atoms with Gasteiger partial charge < -0.3 is 10.5 Å². The second kappa shape index (κ2) is 6.06. The van der Waals surface area contributed by atoms with Crippen LogP contribution < -0.4 is 5.73 Å². The zero-order valence-corrected chi connectivity index (χ0v) is 12.5. The predicted octanol–water partition coefficient (Wildman–Crippen LogP) is 3.46. The Morgan fingerprint density at radius 2 is 2.11 bits per heavy atom. The molecule has 0 aromatic heterocycles. The first-order valence-electron chi connectivity index (χ1n) is 7.42. The average Bonchev–Trinajstić information content (AvgIpc) is 2.70. The highest BCUT2D eigenvalue weighted by molar-refractivity contribution is 5.26. The van der Waals surface area contributed by atoms with E-state index in [0.29, 0.717) is 12.0 Å². The number of hydrogen-bond acceptors (Lipinski definition) is 2. The SMILES string of the molecule is Cc1ccccc1CC(CN)CC1CCC(C)(C)O1. The predicted molar refractivity (Wildman–Crippen MR) is 80.2 cm³/mol. The van der Waals surface area contributed by atoms with Crippen LogP contribution in [0.15, 0.2) is 24.3 Å². The minimum atomic E-state index is 0.0620. The minimum Gasteiger partial charge on any atom is -0.372 e. The van der Waals surface area contributed by atoms with Crippen LogP contribution in [0.3, 0.4) is 0 Å². The summed E-state index contributed by atoms with van der Waals surface area (Å²) in [6.45, 7) is 7.30. The second-order valence-electron chi connectivity index (χ2n) is 6.51. The van der Waals surface area contributed by atoms with Gasteiger partial charge in [0.25, 0.3) is 0 Å². The quantitative estimate of drug-likeness (QED) is 0.881. The Bertz CT molecular complexity index is 413. The van der Waals surface area contributed by atoms with E-state index in [-0.39, 0.29) is 5.60 Å². The molecule has 2 unspecified atom stereocenters. The van der Waals surface area contributed by atoms with Crippen molar-refractivity contribution in [2.75, 3.05) is 6.54 Å². The highest BCUT2D eigenvalue weighted by atomic mass is 16.5. The standard InChI is InChI=1S/C17H27NO/c1-13-6-4-5-7-15(13)10-14(12-18)11-16-8-9-17(2,3)19-16/h4-7,14,16H,8-12,18H2,1-3H3. The smallest absolute Gasteiger partial charge is 0.0631 e. The van der Waals surface area contributed by atoms with Crippen molar-refractivity contribution in [3.63, 3.8) is 0 Å². The summed E-state index contributed by atoms with van der Waals surface area (Å²) in [7, 11) is 0. The van der Waals surface area contributed by atoms with Gasteiger partial charge in [-0.15, -0.1) is 0 Å². The molecule has 1 heterocycles. The van der Waals surface area contributed by atoms with E-state index in [1.165, 1.54) is 24.0 Å². The molecule has 1 aromatic carbocycles. The van der Waals surface area contributed by atoms with Gasteiger partial charge in [0.15, 0.2) is 0 Å². The molecule has 2 atom stereocenters. The first-order chi connectivity index (χ1) is 9.00. The van der Waals surface area contributed by atoms with Crippen LogP contribution in [0.5, 0.6) is 0 Å². The molecule has 2 N–H and O–H groups in total. The van der Waals surface area contributed by atoms with Gasteiger partial charge in [0.05, 0.1) is 11.7 Å². The van der Waals surface area contributed by atoms with E-state index in [2.05, 4.69) is 45.0 Å². The fourth-order valence-electron chi connectivity index (χ4n) is 3.03. The fraction of sp³-hybridized carbons (Fsp3) is 0.647. The highest BCUT2D eigenvalue weighted by Gasteiger charge is 2.32. The summed E-state index contributed by atoms with van der Waals surface area (Å²) in [5.41, 5.74) is 8.82. The maximum absolute atomic E-state index is 6.09. The lowest BCUT2D eigenvalue weighted by Gasteiger charge is -2.23. The van der Waals surface area contributed by atoms with E-state index >= 15 is 0 Å². The summed E-state index contributed by atoms with van der Waals surface area (Å²) in [6, 6.07) is 8.61. The summed E-state index contributed by atoms with van der Waals surface area (Å²) < 4.78 is 6.09. The van der Waals surface area contributed by atoms with Crippen LogP contribution in [0, 0.1) is 12.8 Å². The third-order valence-electron chi connectivity index (χ3n) is 4.25. The first-order valence-corrected chi connectivity index (χ1v) is 7.42. The van der Waals surface area contributed by atoms with Gasteiger partial charge >= 0.3 is 0 Å². The Labute approximate surface area is 117 Å². The molecule has 0 saturated carbocycles. The molecular weight excluding hydrogens is 234 g/mol. The molecule has 0 aliphatic carbocycles. The second-order valence-corrected chi connectivity index (χ2v) is 6.51. The number of benzene rings is 1.